The van der Waals surface area contributed by atoms with Crippen molar-refractivity contribution in [2.45, 2.75) is 37.7 Å². The lowest BCUT2D eigenvalue weighted by molar-refractivity contribution is -0.142. The third kappa shape index (κ3) is 3.34. The third-order valence-corrected chi connectivity index (χ3v) is 5.84. The highest BCUT2D eigenvalue weighted by molar-refractivity contribution is 6.12. The molecule has 0 bridgehead atoms. The Morgan fingerprint density at radius 3 is 2.59 bits per heavy atom. The zero-order valence-corrected chi connectivity index (χ0v) is 16.3. The van der Waals surface area contributed by atoms with E-state index < -0.39 is 17.5 Å². The molecule has 1 N–H and O–H groups in total. The summed E-state index contributed by atoms with van der Waals surface area (Å²) >= 11 is 0. The van der Waals surface area contributed by atoms with Crippen molar-refractivity contribution in [1.29, 1.82) is 0 Å². The number of rotatable bonds is 5. The molecule has 2 aliphatic rings. The Hall–Kier alpha value is -2.99. The number of methoxy groups -OCH3 is 1. The predicted octanol–water partition coefficient (Wildman–Crippen LogP) is 2.55. The number of Topliss-reactive ketones (excluding diaryl/α,β-unsaturated/α-hetero) is 1. The van der Waals surface area contributed by atoms with E-state index in [-0.39, 0.29) is 18.7 Å². The minimum absolute atomic E-state index is 0.302. The lowest BCUT2D eigenvalue weighted by Gasteiger charge is -2.23. The van der Waals surface area contributed by atoms with Crippen molar-refractivity contribution in [2.75, 3.05) is 18.6 Å². The first-order valence-electron chi connectivity index (χ1n) is 9.79. The summed E-state index contributed by atoms with van der Waals surface area (Å²) in [6.07, 6.45) is 3.83. The van der Waals surface area contributed by atoms with E-state index in [2.05, 4.69) is 4.74 Å². The molecular weight excluding hydrogens is 370 g/mol. The lowest BCUT2D eigenvalue weighted by atomic mass is 9.85. The Bertz CT molecular complexity index is 999. The second kappa shape index (κ2) is 7.44. The Labute approximate surface area is 169 Å². The van der Waals surface area contributed by atoms with E-state index in [4.69, 9.17) is 0 Å². The highest BCUT2D eigenvalue weighted by Gasteiger charge is 2.51. The smallest absolute Gasteiger partial charge is 0.325 e. The van der Waals surface area contributed by atoms with Crippen LogP contribution in [0.5, 0.6) is 0 Å². The van der Waals surface area contributed by atoms with Crippen molar-refractivity contribution >= 4 is 23.3 Å². The molecule has 0 fully saturated rings. The second-order valence-electron chi connectivity index (χ2n) is 7.64. The van der Waals surface area contributed by atoms with E-state index in [0.29, 0.717) is 16.8 Å². The number of para-hydroxylation sites is 1. The van der Waals surface area contributed by atoms with Gasteiger partial charge >= 0.3 is 5.97 Å². The molecule has 6 nitrogen and oxygen atoms in total. The first-order chi connectivity index (χ1) is 13.9. The number of carbonyl (C=O) groups is 3. The number of ether oxygens (including phenoxy) is 1. The van der Waals surface area contributed by atoms with Gasteiger partial charge in [0.25, 0.3) is 5.91 Å². The highest BCUT2D eigenvalue weighted by atomic mass is 16.5. The maximum atomic E-state index is 13.1. The summed E-state index contributed by atoms with van der Waals surface area (Å²) in [5.74, 6) is -1.59. The fraction of sp³-hybridized carbons (Fsp3) is 0.348. The van der Waals surface area contributed by atoms with Gasteiger partial charge in [0.15, 0.2) is 11.4 Å². The number of benzene rings is 2. The quantitative estimate of drug-likeness (QED) is 0.623. The van der Waals surface area contributed by atoms with Crippen molar-refractivity contribution < 1.29 is 24.2 Å². The van der Waals surface area contributed by atoms with Crippen molar-refractivity contribution in [3.63, 3.8) is 0 Å². The third-order valence-electron chi connectivity index (χ3n) is 5.84. The fourth-order valence-electron chi connectivity index (χ4n) is 4.27. The molecule has 0 saturated heterocycles. The van der Waals surface area contributed by atoms with Crippen LogP contribution in [0.3, 0.4) is 0 Å². The number of fused-ring (bicyclic) bond motifs is 2. The Morgan fingerprint density at radius 1 is 1.10 bits per heavy atom. The average Bonchev–Trinajstić information content (AvgIpc) is 2.95. The van der Waals surface area contributed by atoms with Crippen molar-refractivity contribution in [3.8, 4) is 0 Å². The SMILES string of the molecule is COC(=O)CN1C(=O)[C@@](O)(CC(=O)c2ccc3c(c2)CCCC3)c2ccccc21. The van der Waals surface area contributed by atoms with Crippen LogP contribution in [0.4, 0.5) is 5.69 Å². The normalized spacial score (nSPS) is 20.2. The summed E-state index contributed by atoms with van der Waals surface area (Å²) in [5, 5.41) is 11.3. The van der Waals surface area contributed by atoms with Crippen LogP contribution in [0.25, 0.3) is 0 Å². The van der Waals surface area contributed by atoms with Gasteiger partial charge in [-0.2, -0.15) is 0 Å². The first kappa shape index (κ1) is 19.3. The highest BCUT2D eigenvalue weighted by Crippen LogP contribution is 2.42. The van der Waals surface area contributed by atoms with Gasteiger partial charge in [0.1, 0.15) is 6.54 Å². The number of amides is 1. The van der Waals surface area contributed by atoms with Gasteiger partial charge in [0.2, 0.25) is 0 Å². The number of esters is 1. The van der Waals surface area contributed by atoms with Gasteiger partial charge in [0, 0.05) is 11.1 Å². The summed E-state index contributed by atoms with van der Waals surface area (Å²) in [6.45, 7) is -0.318. The molecule has 0 spiro atoms. The zero-order chi connectivity index (χ0) is 20.6. The molecule has 0 radical (unpaired) electrons. The van der Waals surface area contributed by atoms with E-state index >= 15 is 0 Å². The minimum atomic E-state index is -2.00. The van der Waals surface area contributed by atoms with Gasteiger partial charge in [-0.05, 0) is 48.9 Å². The van der Waals surface area contributed by atoms with Crippen LogP contribution >= 0.6 is 0 Å². The monoisotopic (exact) mass is 393 g/mol. The number of hydrogen-bond acceptors (Lipinski definition) is 5. The van der Waals surface area contributed by atoms with Crippen LogP contribution in [-0.4, -0.2) is 36.4 Å². The van der Waals surface area contributed by atoms with E-state index in [0.717, 1.165) is 25.7 Å². The molecule has 0 unspecified atom stereocenters. The zero-order valence-electron chi connectivity index (χ0n) is 16.3. The van der Waals surface area contributed by atoms with Gasteiger partial charge in [-0.1, -0.05) is 30.3 Å². The Kier molecular flexibility index (Phi) is 4.96. The van der Waals surface area contributed by atoms with E-state index in [1.54, 1.807) is 30.3 Å². The van der Waals surface area contributed by atoms with Crippen LogP contribution in [-0.2, 0) is 32.8 Å². The molecule has 4 rings (SSSR count). The molecular formula is C23H23NO5. The molecule has 29 heavy (non-hydrogen) atoms. The molecule has 1 aliphatic carbocycles. The van der Waals surface area contributed by atoms with Crippen LogP contribution in [0, 0.1) is 0 Å². The predicted molar refractivity (Wildman–Crippen MR) is 107 cm³/mol. The molecule has 1 atom stereocenters. The van der Waals surface area contributed by atoms with Gasteiger partial charge in [-0.3, -0.25) is 19.3 Å². The number of aryl methyl sites for hydroxylation is 2. The van der Waals surface area contributed by atoms with E-state index in [1.165, 1.54) is 23.1 Å². The molecule has 6 heteroatoms. The Balaban J connectivity index is 1.64. The number of carbonyl (C=O) groups excluding carboxylic acids is 3. The summed E-state index contributed by atoms with van der Waals surface area (Å²) in [7, 11) is 1.24. The van der Waals surface area contributed by atoms with Gasteiger partial charge in [0.05, 0.1) is 19.2 Å². The molecule has 1 heterocycles. The summed E-state index contributed by atoms with van der Waals surface area (Å²) in [5.41, 5.74) is 1.68. The molecule has 2 aromatic rings. The molecule has 0 saturated carbocycles. The van der Waals surface area contributed by atoms with Gasteiger partial charge in [-0.25, -0.2) is 0 Å². The molecule has 1 amide bonds. The van der Waals surface area contributed by atoms with Crippen LogP contribution in [0.2, 0.25) is 0 Å². The summed E-state index contributed by atoms with van der Waals surface area (Å²) in [6, 6.07) is 12.3. The van der Waals surface area contributed by atoms with Crippen molar-refractivity contribution in [2.24, 2.45) is 0 Å². The summed E-state index contributed by atoms with van der Waals surface area (Å²) in [4.78, 5) is 39.0. The van der Waals surface area contributed by atoms with Gasteiger partial charge in [-0.15, -0.1) is 0 Å². The lowest BCUT2D eigenvalue weighted by Crippen LogP contribution is -2.43. The summed E-state index contributed by atoms with van der Waals surface area (Å²) < 4.78 is 4.67. The average molecular weight is 393 g/mol. The van der Waals surface area contributed by atoms with E-state index in [1.807, 2.05) is 12.1 Å². The van der Waals surface area contributed by atoms with E-state index in [9.17, 15) is 19.5 Å². The second-order valence-corrected chi connectivity index (χ2v) is 7.64. The largest absolute Gasteiger partial charge is 0.468 e. The van der Waals surface area contributed by atoms with Crippen molar-refractivity contribution in [1.82, 2.24) is 0 Å². The standard InChI is InChI=1S/C23H23NO5/c1-29-21(26)14-24-19-9-5-4-8-18(19)23(28,22(24)27)13-20(25)17-11-10-15-6-2-3-7-16(15)12-17/h4-5,8-12,28H,2-3,6-7,13-14H2,1H3/t23-/m1/s1. The van der Waals surface area contributed by atoms with Gasteiger partial charge < -0.3 is 9.84 Å². The van der Waals surface area contributed by atoms with Crippen LogP contribution in [0.15, 0.2) is 42.5 Å². The molecule has 0 aromatic heterocycles. The number of anilines is 1. The Morgan fingerprint density at radius 2 is 1.83 bits per heavy atom. The fourth-order valence-corrected chi connectivity index (χ4v) is 4.27. The number of aliphatic hydroxyl groups is 1. The van der Waals surface area contributed by atoms with Crippen LogP contribution < -0.4 is 4.90 Å². The maximum absolute atomic E-state index is 13.1. The number of hydrogen-bond donors (Lipinski definition) is 1. The molecule has 1 aliphatic heterocycles. The van der Waals surface area contributed by atoms with Crippen LogP contribution in [0.1, 0.15) is 46.3 Å². The maximum Gasteiger partial charge on any atom is 0.325 e. The molecule has 150 valence electrons. The topological polar surface area (TPSA) is 83.9 Å². The number of nitrogens with zero attached hydrogens (tertiary/aromatic N) is 1. The minimum Gasteiger partial charge on any atom is -0.468 e. The van der Waals surface area contributed by atoms with Crippen molar-refractivity contribution in [3.05, 3.63) is 64.7 Å². The molecule has 2 aromatic carbocycles. The number of ketones is 1. The first-order valence-corrected chi connectivity index (χ1v) is 9.79.